The molecule has 0 aliphatic carbocycles. The quantitative estimate of drug-likeness (QED) is 0.540. The number of unbranched alkanes of at least 4 members (excludes halogenated alkanes) is 3. The second-order valence-corrected chi connectivity index (χ2v) is 4.01. The van der Waals surface area contributed by atoms with E-state index < -0.39 is 5.97 Å². The van der Waals surface area contributed by atoms with E-state index in [1.807, 2.05) is 7.05 Å². The van der Waals surface area contributed by atoms with Crippen LogP contribution >= 0.6 is 0 Å². The van der Waals surface area contributed by atoms with Crippen molar-refractivity contribution in [1.82, 2.24) is 14.8 Å². The van der Waals surface area contributed by atoms with E-state index in [4.69, 9.17) is 4.74 Å². The molecule has 0 unspecified atom stereocenters. The summed E-state index contributed by atoms with van der Waals surface area (Å²) in [6, 6.07) is 0. The molecule has 1 aromatic heterocycles. The third kappa shape index (κ3) is 4.17. The zero-order chi connectivity index (χ0) is 12.7. The molecule has 5 nitrogen and oxygen atoms in total. The van der Waals surface area contributed by atoms with E-state index in [2.05, 4.69) is 17.0 Å². The van der Waals surface area contributed by atoms with Crippen LogP contribution in [0.25, 0.3) is 0 Å². The van der Waals surface area contributed by atoms with Crippen LogP contribution in [0, 0.1) is 0 Å². The van der Waals surface area contributed by atoms with Gasteiger partial charge in [0.25, 0.3) is 5.82 Å². The molecule has 0 saturated carbocycles. The Morgan fingerprint density at radius 1 is 1.29 bits per heavy atom. The SMILES string of the molecule is CCCCCCc1nc(C(=O)OCC)nn1C. The number of hydrogen-bond acceptors (Lipinski definition) is 4. The normalized spacial score (nSPS) is 10.5. The third-order valence-electron chi connectivity index (χ3n) is 2.57. The lowest BCUT2D eigenvalue weighted by Gasteiger charge is -1.98. The maximum Gasteiger partial charge on any atom is 0.378 e. The molecule has 0 fully saturated rings. The van der Waals surface area contributed by atoms with Gasteiger partial charge in [0, 0.05) is 13.5 Å². The second kappa shape index (κ2) is 7.04. The van der Waals surface area contributed by atoms with Crippen molar-refractivity contribution in [2.45, 2.75) is 46.0 Å². The maximum atomic E-state index is 11.4. The molecule has 17 heavy (non-hydrogen) atoms. The van der Waals surface area contributed by atoms with Crippen molar-refractivity contribution in [2.75, 3.05) is 6.61 Å². The highest BCUT2D eigenvalue weighted by Crippen LogP contribution is 2.06. The Balaban J connectivity index is 2.53. The molecule has 0 amide bonds. The number of aryl methyl sites for hydroxylation is 2. The van der Waals surface area contributed by atoms with Crippen LogP contribution in [0.3, 0.4) is 0 Å². The van der Waals surface area contributed by atoms with Gasteiger partial charge in [-0.25, -0.2) is 9.78 Å². The van der Waals surface area contributed by atoms with Crippen molar-refractivity contribution >= 4 is 5.97 Å². The molecule has 0 N–H and O–H groups in total. The molecular weight excluding hydrogens is 218 g/mol. The summed E-state index contributed by atoms with van der Waals surface area (Å²) < 4.78 is 6.53. The molecule has 0 aliphatic heterocycles. The fourth-order valence-electron chi connectivity index (χ4n) is 1.63. The molecule has 0 saturated heterocycles. The topological polar surface area (TPSA) is 57.0 Å². The Morgan fingerprint density at radius 3 is 2.71 bits per heavy atom. The van der Waals surface area contributed by atoms with E-state index in [0.29, 0.717) is 6.61 Å². The lowest BCUT2D eigenvalue weighted by molar-refractivity contribution is 0.0512. The summed E-state index contributed by atoms with van der Waals surface area (Å²) in [6.45, 7) is 4.30. The fraction of sp³-hybridized carbons (Fsp3) is 0.750. The van der Waals surface area contributed by atoms with E-state index in [1.165, 1.54) is 19.3 Å². The fourth-order valence-corrected chi connectivity index (χ4v) is 1.63. The van der Waals surface area contributed by atoms with Crippen molar-refractivity contribution < 1.29 is 9.53 Å². The second-order valence-electron chi connectivity index (χ2n) is 4.01. The number of nitrogens with zero attached hydrogens (tertiary/aromatic N) is 3. The minimum Gasteiger partial charge on any atom is -0.460 e. The van der Waals surface area contributed by atoms with Crippen molar-refractivity contribution in [3.8, 4) is 0 Å². The van der Waals surface area contributed by atoms with E-state index in [0.717, 1.165) is 18.7 Å². The van der Waals surface area contributed by atoms with Gasteiger partial charge >= 0.3 is 5.97 Å². The van der Waals surface area contributed by atoms with Crippen molar-refractivity contribution in [3.63, 3.8) is 0 Å². The molecular formula is C12H21N3O2. The van der Waals surface area contributed by atoms with Gasteiger partial charge in [-0.1, -0.05) is 26.2 Å². The van der Waals surface area contributed by atoms with Crippen LogP contribution in [0.5, 0.6) is 0 Å². The van der Waals surface area contributed by atoms with E-state index in [9.17, 15) is 4.79 Å². The molecule has 0 spiro atoms. The van der Waals surface area contributed by atoms with E-state index in [-0.39, 0.29) is 5.82 Å². The first-order valence-corrected chi connectivity index (χ1v) is 6.26. The van der Waals surface area contributed by atoms with Gasteiger partial charge in [-0.05, 0) is 13.3 Å². The molecule has 0 radical (unpaired) electrons. The zero-order valence-corrected chi connectivity index (χ0v) is 10.9. The smallest absolute Gasteiger partial charge is 0.378 e. The molecule has 0 atom stereocenters. The van der Waals surface area contributed by atoms with E-state index in [1.54, 1.807) is 11.6 Å². The number of carbonyl (C=O) groups is 1. The van der Waals surface area contributed by atoms with Gasteiger partial charge in [-0.15, -0.1) is 5.10 Å². The zero-order valence-electron chi connectivity index (χ0n) is 10.9. The monoisotopic (exact) mass is 239 g/mol. The van der Waals surface area contributed by atoms with Crippen molar-refractivity contribution in [3.05, 3.63) is 11.6 Å². The van der Waals surface area contributed by atoms with Crippen molar-refractivity contribution in [2.24, 2.45) is 7.05 Å². The van der Waals surface area contributed by atoms with Gasteiger partial charge in [0.1, 0.15) is 5.82 Å². The van der Waals surface area contributed by atoms with Gasteiger partial charge < -0.3 is 4.74 Å². The van der Waals surface area contributed by atoms with Crippen molar-refractivity contribution in [1.29, 1.82) is 0 Å². The molecule has 1 aromatic rings. The lowest BCUT2D eigenvalue weighted by atomic mass is 10.1. The molecule has 0 aromatic carbocycles. The largest absolute Gasteiger partial charge is 0.460 e. The Hall–Kier alpha value is -1.39. The lowest BCUT2D eigenvalue weighted by Crippen LogP contribution is -2.07. The third-order valence-corrected chi connectivity index (χ3v) is 2.57. The van der Waals surface area contributed by atoms with Crippen LogP contribution in [0.2, 0.25) is 0 Å². The summed E-state index contributed by atoms with van der Waals surface area (Å²) in [5.41, 5.74) is 0. The first-order chi connectivity index (χ1) is 8.19. The van der Waals surface area contributed by atoms with Crippen LogP contribution in [0.4, 0.5) is 0 Å². The summed E-state index contributed by atoms with van der Waals surface area (Å²) in [6.07, 6.45) is 5.60. The summed E-state index contributed by atoms with van der Waals surface area (Å²) in [5.74, 6) is 0.576. The Morgan fingerprint density at radius 2 is 2.06 bits per heavy atom. The standard InChI is InChI=1S/C12H21N3O2/c1-4-6-7-8-9-10-13-11(14-15(10)3)12(16)17-5-2/h4-9H2,1-3H3. The Bertz CT molecular complexity index is 361. The molecule has 0 aliphatic rings. The summed E-state index contributed by atoms with van der Waals surface area (Å²) >= 11 is 0. The van der Waals surface area contributed by atoms with Gasteiger partial charge in [0.2, 0.25) is 0 Å². The number of rotatable bonds is 7. The Kier molecular flexibility index (Phi) is 5.66. The first kappa shape index (κ1) is 13.7. The van der Waals surface area contributed by atoms with Gasteiger partial charge in [0.05, 0.1) is 6.61 Å². The predicted molar refractivity (Wildman–Crippen MR) is 64.8 cm³/mol. The molecule has 96 valence electrons. The van der Waals surface area contributed by atoms with Gasteiger partial charge in [-0.3, -0.25) is 4.68 Å². The number of ether oxygens (including phenoxy) is 1. The minimum absolute atomic E-state index is 0.167. The van der Waals surface area contributed by atoms with E-state index >= 15 is 0 Å². The number of esters is 1. The predicted octanol–water partition coefficient (Wildman–Crippen LogP) is 2.11. The average Bonchev–Trinajstić information content (AvgIpc) is 2.67. The number of aromatic nitrogens is 3. The van der Waals surface area contributed by atoms with Crippen LogP contribution < -0.4 is 0 Å². The number of carbonyl (C=O) groups excluding carboxylic acids is 1. The highest BCUT2D eigenvalue weighted by atomic mass is 16.5. The molecule has 1 heterocycles. The minimum atomic E-state index is -0.442. The van der Waals surface area contributed by atoms with Crippen LogP contribution in [0.1, 0.15) is 56.0 Å². The summed E-state index contributed by atoms with van der Waals surface area (Å²) in [7, 11) is 1.81. The molecule has 5 heteroatoms. The molecule has 0 bridgehead atoms. The summed E-state index contributed by atoms with van der Waals surface area (Å²) in [5, 5.41) is 4.06. The highest BCUT2D eigenvalue weighted by molar-refractivity contribution is 5.84. The number of hydrogen-bond donors (Lipinski definition) is 0. The Labute approximate surface area is 102 Å². The van der Waals surface area contributed by atoms with Gasteiger partial charge in [-0.2, -0.15) is 0 Å². The van der Waals surface area contributed by atoms with Gasteiger partial charge in [0.15, 0.2) is 0 Å². The summed E-state index contributed by atoms with van der Waals surface area (Å²) in [4.78, 5) is 15.6. The van der Waals surface area contributed by atoms with Crippen LogP contribution in [-0.2, 0) is 18.2 Å². The van der Waals surface area contributed by atoms with Crippen LogP contribution in [-0.4, -0.2) is 27.3 Å². The highest BCUT2D eigenvalue weighted by Gasteiger charge is 2.15. The maximum absolute atomic E-state index is 11.4. The first-order valence-electron chi connectivity index (χ1n) is 6.26. The van der Waals surface area contributed by atoms with Crippen LogP contribution in [0.15, 0.2) is 0 Å². The molecule has 1 rings (SSSR count). The average molecular weight is 239 g/mol.